The number of benzene rings is 6. The summed E-state index contributed by atoms with van der Waals surface area (Å²) in [6.07, 6.45) is 0. The fraction of sp³-hybridized carbons (Fsp3) is 0.250. The van der Waals surface area contributed by atoms with Crippen LogP contribution in [0.4, 0.5) is 17.1 Å². The predicted octanol–water partition coefficient (Wildman–Crippen LogP) is 12.1. The topological polar surface area (TPSA) is 21.7 Å². The zero-order valence-corrected chi connectivity index (χ0v) is 33.0. The summed E-state index contributed by atoms with van der Waals surface area (Å²) in [5.41, 5.74) is 10.4. The first kappa shape index (κ1) is 32.6. The molecule has 3 nitrogen and oxygen atoms in total. The largest absolute Gasteiger partial charge is 0.458 e. The maximum Gasteiger partial charge on any atom is 0.260 e. The fourth-order valence-electron chi connectivity index (χ4n) is 7.98. The van der Waals surface area contributed by atoms with Crippen LogP contribution in [0.15, 0.2) is 115 Å². The van der Waals surface area contributed by atoms with E-state index in [1.807, 2.05) is 23.5 Å². The van der Waals surface area contributed by atoms with Gasteiger partial charge in [-0.05, 0) is 98.5 Å². The number of hydrogen-bond acceptors (Lipinski definition) is 4. The summed E-state index contributed by atoms with van der Waals surface area (Å²) >= 11 is 1.81. The lowest BCUT2D eigenvalue weighted by molar-refractivity contribution is 0.466. The minimum absolute atomic E-state index is 0.0337. The van der Waals surface area contributed by atoms with Gasteiger partial charge < -0.3 is 14.4 Å². The lowest BCUT2D eigenvalue weighted by Gasteiger charge is -2.35. The number of nitrogens with zero attached hydrogens (tertiary/aromatic N) is 1. The van der Waals surface area contributed by atoms with E-state index < -0.39 is 0 Å². The van der Waals surface area contributed by atoms with Crippen LogP contribution >= 0.6 is 11.3 Å². The normalized spacial score (nSPS) is 13.9. The van der Waals surface area contributed by atoms with Crippen LogP contribution in [-0.4, -0.2) is 6.71 Å². The molecule has 0 fully saturated rings. The van der Waals surface area contributed by atoms with Gasteiger partial charge in [-0.3, -0.25) is 0 Å². The summed E-state index contributed by atoms with van der Waals surface area (Å²) in [5.74, 6) is 3.07. The maximum absolute atomic E-state index is 8.74. The summed E-state index contributed by atoms with van der Waals surface area (Å²) in [6, 6.07) is 39.9. The fourth-order valence-corrected chi connectivity index (χ4v) is 9.18. The average molecular weight is 713 g/mol. The molecule has 0 N–H and O–H groups in total. The van der Waals surface area contributed by atoms with Crippen molar-refractivity contribution in [2.45, 2.75) is 78.6 Å². The predicted molar refractivity (Wildman–Crippen MR) is 228 cm³/mol. The number of rotatable bonds is 3. The van der Waals surface area contributed by atoms with Crippen molar-refractivity contribution in [3.63, 3.8) is 0 Å². The summed E-state index contributed by atoms with van der Waals surface area (Å²) < 4.78 is 24.8. The Morgan fingerprint density at radius 3 is 1.75 bits per heavy atom. The van der Waals surface area contributed by atoms with Crippen LogP contribution in [0.25, 0.3) is 20.2 Å². The second-order valence-corrected chi connectivity index (χ2v) is 18.8. The van der Waals surface area contributed by atoms with Gasteiger partial charge >= 0.3 is 0 Å². The SMILES string of the molecule is [2H]c1cc2c3c(c1)Oc1c(cc(N(c4ccc(C(C)(C)C)cc4)c4ccc(C(C)(C)C)cc4)c4sc5ccccc5c14)B3c1cc(C(C)(C)C)ccc1O2. The van der Waals surface area contributed by atoms with Crippen LogP contribution in [0.3, 0.4) is 0 Å². The van der Waals surface area contributed by atoms with E-state index in [1.54, 1.807) is 0 Å². The molecule has 264 valence electrons. The molecule has 0 spiro atoms. The number of thiophene rings is 1. The molecule has 0 radical (unpaired) electrons. The van der Waals surface area contributed by atoms with Gasteiger partial charge in [0.15, 0.2) is 0 Å². The van der Waals surface area contributed by atoms with Crippen molar-refractivity contribution in [2.75, 3.05) is 4.90 Å². The molecule has 0 amide bonds. The first-order valence-electron chi connectivity index (χ1n) is 19.2. The molecule has 2 aliphatic rings. The Labute approximate surface area is 319 Å². The summed E-state index contributed by atoms with van der Waals surface area (Å²) in [6.45, 7) is 20.2. The van der Waals surface area contributed by atoms with Crippen molar-refractivity contribution >= 4 is 71.7 Å². The van der Waals surface area contributed by atoms with Crippen molar-refractivity contribution < 1.29 is 10.8 Å². The molecule has 7 aromatic rings. The van der Waals surface area contributed by atoms with E-state index in [9.17, 15) is 0 Å². The molecule has 53 heavy (non-hydrogen) atoms. The van der Waals surface area contributed by atoms with Crippen molar-refractivity contribution in [1.82, 2.24) is 0 Å². The summed E-state index contributed by atoms with van der Waals surface area (Å²) in [4.78, 5) is 2.44. The highest BCUT2D eigenvalue weighted by molar-refractivity contribution is 7.26. The van der Waals surface area contributed by atoms with Gasteiger partial charge in [0, 0.05) is 32.3 Å². The monoisotopic (exact) mass is 712 g/mol. The van der Waals surface area contributed by atoms with E-state index in [2.05, 4.69) is 164 Å². The molecule has 0 saturated carbocycles. The van der Waals surface area contributed by atoms with Crippen molar-refractivity contribution in [3.8, 4) is 23.0 Å². The second-order valence-electron chi connectivity index (χ2n) is 17.8. The van der Waals surface area contributed by atoms with Gasteiger partial charge in [0.25, 0.3) is 6.71 Å². The van der Waals surface area contributed by atoms with E-state index in [0.29, 0.717) is 17.5 Å². The lowest BCUT2D eigenvalue weighted by Crippen LogP contribution is -2.57. The summed E-state index contributed by atoms with van der Waals surface area (Å²) in [7, 11) is 0. The van der Waals surface area contributed by atoms with Gasteiger partial charge in [-0.25, -0.2) is 0 Å². The Hall–Kier alpha value is -5.00. The molecule has 6 aromatic carbocycles. The number of ether oxygens (including phenoxy) is 2. The van der Waals surface area contributed by atoms with Crippen LogP contribution in [0.1, 0.15) is 80.4 Å². The molecule has 0 unspecified atom stereocenters. The molecule has 5 heteroatoms. The van der Waals surface area contributed by atoms with Crippen LogP contribution in [-0.2, 0) is 16.2 Å². The van der Waals surface area contributed by atoms with Gasteiger partial charge in [0.05, 0.1) is 11.8 Å². The van der Waals surface area contributed by atoms with Crippen molar-refractivity contribution in [1.29, 1.82) is 0 Å². The Morgan fingerprint density at radius 1 is 0.585 bits per heavy atom. The van der Waals surface area contributed by atoms with Crippen LogP contribution < -0.4 is 30.8 Å². The minimum Gasteiger partial charge on any atom is -0.458 e. The first-order chi connectivity index (χ1) is 25.6. The van der Waals surface area contributed by atoms with E-state index in [-0.39, 0.29) is 23.0 Å². The molecule has 9 rings (SSSR count). The Bertz CT molecular complexity index is 2560. The molecule has 3 heterocycles. The molecule has 0 saturated heterocycles. The van der Waals surface area contributed by atoms with E-state index >= 15 is 0 Å². The third-order valence-electron chi connectivity index (χ3n) is 11.0. The van der Waals surface area contributed by atoms with E-state index in [0.717, 1.165) is 55.0 Å². The molecular formula is C48H46BNO2S. The highest BCUT2D eigenvalue weighted by Crippen LogP contribution is 2.50. The molecule has 2 aliphatic heterocycles. The van der Waals surface area contributed by atoms with Gasteiger partial charge in [0.1, 0.15) is 23.0 Å². The highest BCUT2D eigenvalue weighted by atomic mass is 32.1. The average Bonchev–Trinajstić information content (AvgIpc) is 3.51. The lowest BCUT2D eigenvalue weighted by atomic mass is 9.34. The third kappa shape index (κ3) is 5.55. The van der Waals surface area contributed by atoms with Crippen LogP contribution in [0.5, 0.6) is 23.0 Å². The van der Waals surface area contributed by atoms with E-state index in [1.165, 1.54) is 26.8 Å². The highest BCUT2D eigenvalue weighted by Gasteiger charge is 2.42. The Morgan fingerprint density at radius 2 is 1.15 bits per heavy atom. The molecule has 1 aromatic heterocycles. The molecule has 0 atom stereocenters. The molecule has 0 bridgehead atoms. The van der Waals surface area contributed by atoms with Crippen LogP contribution in [0, 0.1) is 0 Å². The zero-order valence-electron chi connectivity index (χ0n) is 33.1. The minimum atomic E-state index is -0.152. The number of fused-ring (bicyclic) bond motifs is 8. The van der Waals surface area contributed by atoms with Gasteiger partial charge in [-0.2, -0.15) is 0 Å². The Balaban J connectivity index is 1.38. The maximum atomic E-state index is 8.74. The van der Waals surface area contributed by atoms with E-state index in [4.69, 9.17) is 10.8 Å². The van der Waals surface area contributed by atoms with Gasteiger partial charge in [0.2, 0.25) is 0 Å². The number of anilines is 3. The Kier molecular flexibility index (Phi) is 7.24. The first-order valence-corrected chi connectivity index (χ1v) is 19.5. The second kappa shape index (κ2) is 11.8. The quantitative estimate of drug-likeness (QED) is 0.170. The smallest absolute Gasteiger partial charge is 0.260 e. The molecular weight excluding hydrogens is 665 g/mol. The van der Waals surface area contributed by atoms with Crippen molar-refractivity contribution in [2.24, 2.45) is 0 Å². The number of hydrogen-bond donors (Lipinski definition) is 0. The van der Waals surface area contributed by atoms with Crippen molar-refractivity contribution in [3.05, 3.63) is 132 Å². The summed E-state index contributed by atoms with van der Waals surface area (Å²) in [5, 5.41) is 2.27. The van der Waals surface area contributed by atoms with Crippen LogP contribution in [0.2, 0.25) is 0 Å². The van der Waals surface area contributed by atoms with Gasteiger partial charge in [-0.15, -0.1) is 11.3 Å². The van der Waals surface area contributed by atoms with Gasteiger partial charge in [-0.1, -0.05) is 123 Å². The third-order valence-corrected chi connectivity index (χ3v) is 12.2. The zero-order chi connectivity index (χ0) is 37.9. The standard InChI is InChI=1S/C48H46BNO2S/c1-46(2,3)29-17-22-32(23-18-29)50(33-24-19-30(20-25-33)47(4,5)6)37-28-36-44(42-34-13-10-11-16-41(34)53-45(37)42)52-40-15-12-14-39-43(40)49(36)35-27-31(48(7,8)9)21-26-38(35)51-39/h10-28H,1-9H3/i12D. The molecule has 0 aliphatic carbocycles.